The second-order valence-corrected chi connectivity index (χ2v) is 9.66. The van der Waals surface area contributed by atoms with Crippen molar-refractivity contribution >= 4 is 23.4 Å². The number of hydrogen-bond acceptors (Lipinski definition) is 7. The topological polar surface area (TPSA) is 138 Å². The Balaban J connectivity index is 1.58. The van der Waals surface area contributed by atoms with Crippen LogP contribution in [0.5, 0.6) is 17.4 Å². The number of carboxylic acids is 1. The predicted molar refractivity (Wildman–Crippen MR) is 127 cm³/mol. The van der Waals surface area contributed by atoms with E-state index in [1.54, 1.807) is 57.2 Å². The molecule has 0 aliphatic heterocycles. The minimum absolute atomic E-state index is 0.0849. The van der Waals surface area contributed by atoms with Gasteiger partial charge < -0.3 is 25.0 Å². The molecule has 3 rings (SSSR count). The van der Waals surface area contributed by atoms with Gasteiger partial charge in [-0.25, -0.2) is 9.59 Å². The fourth-order valence-corrected chi connectivity index (χ4v) is 3.81. The normalized spacial score (nSPS) is 12.1. The molecular weight excluding hydrogens is 460 g/mol. The Bertz CT molecular complexity index is 1190. The molecule has 0 fully saturated rings. The molecule has 1 atom stereocenters. The number of thiazole rings is 1. The van der Waals surface area contributed by atoms with Gasteiger partial charge in [0.1, 0.15) is 23.1 Å². The van der Waals surface area contributed by atoms with Crippen LogP contribution in [0.3, 0.4) is 0 Å². The Hall–Kier alpha value is -3.79. The first-order valence-corrected chi connectivity index (χ1v) is 11.3. The van der Waals surface area contributed by atoms with Crippen LogP contribution in [0.1, 0.15) is 36.8 Å². The Morgan fingerprint density at radius 3 is 2.06 bits per heavy atom. The number of aliphatic carboxylic acids is 1. The smallest absolute Gasteiger partial charge is 0.408 e. The lowest BCUT2D eigenvalue weighted by Crippen LogP contribution is -2.44. The average molecular weight is 487 g/mol. The van der Waals surface area contributed by atoms with E-state index in [2.05, 4.69) is 10.3 Å². The maximum absolute atomic E-state index is 11.9. The molecule has 1 heterocycles. The van der Waals surface area contributed by atoms with E-state index in [4.69, 9.17) is 9.47 Å². The molecule has 3 aromatic rings. The highest BCUT2D eigenvalue weighted by Crippen LogP contribution is 2.25. The lowest BCUT2D eigenvalue weighted by atomic mass is 10.1. The number of aromatic amines is 1. The van der Waals surface area contributed by atoms with E-state index >= 15 is 0 Å². The van der Waals surface area contributed by atoms with Crippen molar-refractivity contribution < 1.29 is 29.3 Å². The van der Waals surface area contributed by atoms with Crippen molar-refractivity contribution in [2.24, 2.45) is 0 Å². The third kappa shape index (κ3) is 7.38. The zero-order valence-corrected chi connectivity index (χ0v) is 19.8. The molecule has 1 aromatic heterocycles. The summed E-state index contributed by atoms with van der Waals surface area (Å²) in [7, 11) is 0. The number of carbonyl (C=O) groups excluding carboxylic acids is 1. The van der Waals surface area contributed by atoms with Crippen LogP contribution in [0.15, 0.2) is 53.3 Å². The third-order valence-corrected chi connectivity index (χ3v) is 5.45. The monoisotopic (exact) mass is 486 g/mol. The number of alkyl carbamates (subject to hydrolysis) is 1. The molecule has 0 saturated carbocycles. The summed E-state index contributed by atoms with van der Waals surface area (Å²) in [6.45, 7) is 5.10. The van der Waals surface area contributed by atoms with E-state index in [0.717, 1.165) is 16.9 Å². The first kappa shape index (κ1) is 24.8. The molecule has 180 valence electrons. The molecular formula is C24H26N2O7S. The van der Waals surface area contributed by atoms with Crippen LogP contribution in [-0.4, -0.2) is 38.9 Å². The number of benzene rings is 2. The second-order valence-electron chi connectivity index (χ2n) is 8.59. The number of aromatic hydroxyl groups is 1. The third-order valence-electron chi connectivity index (χ3n) is 4.58. The Morgan fingerprint density at radius 1 is 1.03 bits per heavy atom. The van der Waals surface area contributed by atoms with E-state index in [9.17, 15) is 24.6 Å². The summed E-state index contributed by atoms with van der Waals surface area (Å²) in [6.07, 6.45) is -0.280. The van der Waals surface area contributed by atoms with Crippen LogP contribution < -0.4 is 14.9 Å². The lowest BCUT2D eigenvalue weighted by Gasteiger charge is -2.22. The number of rotatable bonds is 8. The highest BCUT2D eigenvalue weighted by molar-refractivity contribution is 7.09. The fraction of sp³-hybridized carbons (Fsp3) is 0.292. The van der Waals surface area contributed by atoms with Crippen LogP contribution in [-0.2, 0) is 22.4 Å². The summed E-state index contributed by atoms with van der Waals surface area (Å²) >= 11 is 0.969. The van der Waals surface area contributed by atoms with Gasteiger partial charge in [-0.15, -0.1) is 0 Å². The summed E-state index contributed by atoms with van der Waals surface area (Å²) in [5, 5.41) is 21.5. The van der Waals surface area contributed by atoms with Gasteiger partial charge in [-0.05, 0) is 56.2 Å². The fourth-order valence-electron chi connectivity index (χ4n) is 3.05. The number of ether oxygens (including phenoxy) is 2. The molecule has 0 aliphatic rings. The molecule has 1 unspecified atom stereocenters. The van der Waals surface area contributed by atoms with Crippen LogP contribution in [0.2, 0.25) is 0 Å². The first-order valence-electron chi connectivity index (χ1n) is 10.5. The van der Waals surface area contributed by atoms with Crippen molar-refractivity contribution in [1.29, 1.82) is 0 Å². The molecule has 0 radical (unpaired) electrons. The SMILES string of the molecule is CC(C)(C)OC(=O)NC(Cc1ccc(Oc2ccc(Cc3sc(=O)[nH]c3O)cc2)cc1)C(=O)O. The van der Waals surface area contributed by atoms with Crippen LogP contribution in [0.4, 0.5) is 4.79 Å². The Morgan fingerprint density at radius 2 is 1.59 bits per heavy atom. The van der Waals surface area contributed by atoms with Gasteiger partial charge in [0.2, 0.25) is 5.88 Å². The highest BCUT2D eigenvalue weighted by Gasteiger charge is 2.24. The average Bonchev–Trinajstić information content (AvgIpc) is 3.05. The number of H-pyrrole nitrogens is 1. The number of carbonyl (C=O) groups is 2. The highest BCUT2D eigenvalue weighted by atomic mass is 32.1. The molecule has 9 nitrogen and oxygen atoms in total. The van der Waals surface area contributed by atoms with E-state index in [1.807, 2.05) is 12.1 Å². The number of nitrogens with one attached hydrogen (secondary N) is 2. The molecule has 0 spiro atoms. The van der Waals surface area contributed by atoms with Crippen LogP contribution in [0.25, 0.3) is 0 Å². The van der Waals surface area contributed by atoms with Crippen molar-refractivity contribution in [2.75, 3.05) is 0 Å². The summed E-state index contributed by atoms with van der Waals surface area (Å²) in [4.78, 5) is 37.4. The lowest BCUT2D eigenvalue weighted by molar-refractivity contribution is -0.139. The van der Waals surface area contributed by atoms with E-state index in [0.29, 0.717) is 28.4 Å². The van der Waals surface area contributed by atoms with Gasteiger partial charge in [-0.1, -0.05) is 35.6 Å². The predicted octanol–water partition coefficient (Wildman–Crippen LogP) is 4.05. The molecule has 34 heavy (non-hydrogen) atoms. The van der Waals surface area contributed by atoms with Gasteiger partial charge >= 0.3 is 16.9 Å². The summed E-state index contributed by atoms with van der Waals surface area (Å²) < 4.78 is 11.0. The maximum Gasteiger partial charge on any atom is 0.408 e. The van der Waals surface area contributed by atoms with Gasteiger partial charge in [-0.2, -0.15) is 0 Å². The molecule has 0 bridgehead atoms. The van der Waals surface area contributed by atoms with Crippen LogP contribution in [0, 0.1) is 0 Å². The van der Waals surface area contributed by atoms with Gasteiger partial charge in [0.25, 0.3) is 0 Å². The standard InChI is InChI=1S/C24H26N2O7S/c1-24(2,3)33-22(30)25-18(21(28)29)12-14-4-8-16(9-5-14)32-17-10-6-15(7-11-17)13-19-20(27)26-23(31)34-19/h4-11,18,27H,12-13H2,1-3H3,(H,25,30)(H,26,31)(H,28,29). The van der Waals surface area contributed by atoms with E-state index in [1.165, 1.54) is 0 Å². The van der Waals surface area contributed by atoms with E-state index < -0.39 is 23.7 Å². The van der Waals surface area contributed by atoms with Crippen molar-refractivity contribution in [3.8, 4) is 17.4 Å². The number of aromatic nitrogens is 1. The van der Waals surface area contributed by atoms with Gasteiger partial charge in [0.05, 0.1) is 4.88 Å². The first-order chi connectivity index (χ1) is 16.0. The molecule has 0 aliphatic carbocycles. The van der Waals surface area contributed by atoms with E-state index in [-0.39, 0.29) is 17.2 Å². The number of amides is 1. The maximum atomic E-state index is 11.9. The molecule has 4 N–H and O–H groups in total. The number of carboxylic acid groups (broad SMARTS) is 1. The van der Waals surface area contributed by atoms with Gasteiger partial charge in [-0.3, -0.25) is 9.78 Å². The van der Waals surface area contributed by atoms with Crippen molar-refractivity contribution in [3.05, 3.63) is 74.2 Å². The molecule has 1 amide bonds. The zero-order chi connectivity index (χ0) is 24.9. The summed E-state index contributed by atoms with van der Waals surface area (Å²) in [5.74, 6) is -0.115. The summed E-state index contributed by atoms with van der Waals surface area (Å²) in [5.41, 5.74) is 0.886. The van der Waals surface area contributed by atoms with Crippen molar-refractivity contribution in [1.82, 2.24) is 10.3 Å². The minimum atomic E-state index is -1.16. The largest absolute Gasteiger partial charge is 0.494 e. The summed E-state index contributed by atoms with van der Waals surface area (Å²) in [6, 6.07) is 13.0. The number of hydrogen-bond donors (Lipinski definition) is 4. The van der Waals surface area contributed by atoms with Gasteiger partial charge in [0.15, 0.2) is 0 Å². The van der Waals surface area contributed by atoms with Crippen molar-refractivity contribution in [3.63, 3.8) is 0 Å². The molecule has 2 aromatic carbocycles. The van der Waals surface area contributed by atoms with Gasteiger partial charge in [0, 0.05) is 12.8 Å². The minimum Gasteiger partial charge on any atom is -0.494 e. The molecule has 0 saturated heterocycles. The zero-order valence-electron chi connectivity index (χ0n) is 19.0. The molecule has 10 heteroatoms. The van der Waals surface area contributed by atoms with Crippen molar-refractivity contribution in [2.45, 2.75) is 45.3 Å². The Kier molecular flexibility index (Phi) is 7.62. The second kappa shape index (κ2) is 10.4. The Labute approximate surface area is 200 Å². The quantitative estimate of drug-likeness (QED) is 0.377. The van der Waals surface area contributed by atoms with Crippen LogP contribution >= 0.6 is 11.3 Å².